The molecule has 0 saturated heterocycles. The maximum Gasteiger partial charge on any atom is 0.264 e. The van der Waals surface area contributed by atoms with Crippen molar-refractivity contribution in [2.24, 2.45) is 0 Å². The van der Waals surface area contributed by atoms with Gasteiger partial charge in [0.05, 0.1) is 30.9 Å². The number of rotatable bonds is 11. The fraction of sp³-hybridized carbons (Fsp3) is 0.321. The Bertz CT molecular complexity index is 1340. The van der Waals surface area contributed by atoms with Crippen LogP contribution >= 0.6 is 0 Å². The van der Waals surface area contributed by atoms with Gasteiger partial charge in [-0.15, -0.1) is 0 Å². The van der Waals surface area contributed by atoms with Crippen molar-refractivity contribution in [1.82, 2.24) is 5.32 Å². The predicted molar refractivity (Wildman–Crippen MR) is 144 cm³/mol. The van der Waals surface area contributed by atoms with Gasteiger partial charge in [0.2, 0.25) is 5.91 Å². The number of carbonyl (C=O) groups is 1. The van der Waals surface area contributed by atoms with Crippen LogP contribution in [0.15, 0.2) is 65.6 Å². The Kier molecular flexibility index (Phi) is 9.04. The van der Waals surface area contributed by atoms with Crippen LogP contribution in [0.5, 0.6) is 17.2 Å². The number of benzene rings is 3. The van der Waals surface area contributed by atoms with Crippen LogP contribution in [-0.4, -0.2) is 41.2 Å². The highest BCUT2D eigenvalue weighted by Crippen LogP contribution is 2.33. The topological polar surface area (TPSA) is 94.2 Å². The molecule has 0 heterocycles. The summed E-state index contributed by atoms with van der Waals surface area (Å²) in [5.74, 6) is 1.03. The van der Waals surface area contributed by atoms with E-state index in [9.17, 15) is 13.2 Å². The maximum atomic E-state index is 13.7. The van der Waals surface area contributed by atoms with Crippen molar-refractivity contribution in [3.05, 3.63) is 77.4 Å². The number of anilines is 1. The summed E-state index contributed by atoms with van der Waals surface area (Å²) in [5.41, 5.74) is 2.82. The lowest BCUT2D eigenvalue weighted by Crippen LogP contribution is -2.41. The van der Waals surface area contributed by atoms with E-state index in [1.54, 1.807) is 43.5 Å². The van der Waals surface area contributed by atoms with Crippen molar-refractivity contribution in [1.29, 1.82) is 0 Å². The predicted octanol–water partition coefficient (Wildman–Crippen LogP) is 4.62. The summed E-state index contributed by atoms with van der Waals surface area (Å²) in [6.07, 6.45) is -0.0143. The molecule has 37 heavy (non-hydrogen) atoms. The summed E-state index contributed by atoms with van der Waals surface area (Å²) in [7, 11) is -1.06. The van der Waals surface area contributed by atoms with Gasteiger partial charge in [-0.1, -0.05) is 29.8 Å². The number of hydrogen-bond acceptors (Lipinski definition) is 6. The Morgan fingerprint density at radius 3 is 2.11 bits per heavy atom. The molecule has 0 atom stereocenters. The van der Waals surface area contributed by atoms with E-state index in [2.05, 4.69) is 5.32 Å². The van der Waals surface area contributed by atoms with Crippen LogP contribution in [0.3, 0.4) is 0 Å². The molecule has 0 aliphatic carbocycles. The molecular weight excluding hydrogens is 492 g/mol. The summed E-state index contributed by atoms with van der Waals surface area (Å²) < 4.78 is 45.1. The number of hydrogen-bond donors (Lipinski definition) is 1. The van der Waals surface area contributed by atoms with Gasteiger partial charge in [-0.2, -0.15) is 0 Å². The third-order valence-corrected chi connectivity index (χ3v) is 7.35. The number of sulfonamides is 1. The van der Waals surface area contributed by atoms with E-state index in [4.69, 9.17) is 14.2 Å². The third kappa shape index (κ3) is 6.95. The van der Waals surface area contributed by atoms with Crippen LogP contribution in [0, 0.1) is 13.8 Å². The van der Waals surface area contributed by atoms with Gasteiger partial charge in [0.1, 0.15) is 12.3 Å². The van der Waals surface area contributed by atoms with E-state index in [1.165, 1.54) is 19.2 Å². The quantitative estimate of drug-likeness (QED) is 0.392. The van der Waals surface area contributed by atoms with E-state index in [0.717, 1.165) is 21.0 Å². The minimum atomic E-state index is -4.07. The zero-order chi connectivity index (χ0) is 27.2. The van der Waals surface area contributed by atoms with Gasteiger partial charge >= 0.3 is 0 Å². The molecule has 0 bridgehead atoms. The molecule has 0 aromatic heterocycles. The first-order valence-electron chi connectivity index (χ1n) is 11.9. The summed E-state index contributed by atoms with van der Waals surface area (Å²) in [6, 6.07) is 17.1. The molecule has 0 spiro atoms. The number of nitrogens with one attached hydrogen (secondary N) is 1. The summed E-state index contributed by atoms with van der Waals surface area (Å²) in [4.78, 5) is 13.2. The number of carbonyl (C=O) groups excluding carboxylic acids is 1. The Labute approximate surface area is 219 Å². The van der Waals surface area contributed by atoms with Crippen molar-refractivity contribution < 1.29 is 27.4 Å². The summed E-state index contributed by atoms with van der Waals surface area (Å²) >= 11 is 0. The lowest BCUT2D eigenvalue weighted by molar-refractivity contribution is -0.119. The highest BCUT2D eigenvalue weighted by atomic mass is 32.2. The molecule has 0 aliphatic rings. The molecule has 198 valence electrons. The molecule has 9 heteroatoms. The van der Waals surface area contributed by atoms with Gasteiger partial charge in [0.25, 0.3) is 10.0 Å². The number of ether oxygens (including phenoxy) is 3. The van der Waals surface area contributed by atoms with Crippen molar-refractivity contribution in [3.63, 3.8) is 0 Å². The van der Waals surface area contributed by atoms with Crippen molar-refractivity contribution in [3.8, 4) is 17.2 Å². The second-order valence-electron chi connectivity index (χ2n) is 8.93. The SMILES string of the molecule is COc1cc(CNC(=O)CN(c2cc(C)ccc2OC)S(=O)(=O)c2ccc(C)cc2)ccc1OC(C)C. The van der Waals surface area contributed by atoms with Gasteiger partial charge in [-0.25, -0.2) is 8.42 Å². The molecule has 0 saturated carbocycles. The highest BCUT2D eigenvalue weighted by Gasteiger charge is 2.29. The summed E-state index contributed by atoms with van der Waals surface area (Å²) in [5, 5.41) is 2.81. The van der Waals surface area contributed by atoms with Gasteiger partial charge in [0.15, 0.2) is 11.5 Å². The second-order valence-corrected chi connectivity index (χ2v) is 10.8. The van der Waals surface area contributed by atoms with Gasteiger partial charge < -0.3 is 19.5 Å². The van der Waals surface area contributed by atoms with E-state index in [1.807, 2.05) is 39.8 Å². The first kappa shape index (κ1) is 27.9. The highest BCUT2D eigenvalue weighted by molar-refractivity contribution is 7.92. The summed E-state index contributed by atoms with van der Waals surface area (Å²) in [6.45, 7) is 7.32. The fourth-order valence-electron chi connectivity index (χ4n) is 3.69. The van der Waals surface area contributed by atoms with Crippen LogP contribution in [0.2, 0.25) is 0 Å². The Balaban J connectivity index is 1.88. The zero-order valence-corrected chi connectivity index (χ0v) is 22.9. The molecule has 8 nitrogen and oxygen atoms in total. The Hall–Kier alpha value is -3.72. The van der Waals surface area contributed by atoms with Gasteiger partial charge in [-0.3, -0.25) is 9.10 Å². The fourth-order valence-corrected chi connectivity index (χ4v) is 5.12. The van der Waals surface area contributed by atoms with Crippen molar-refractivity contribution in [2.45, 2.75) is 45.2 Å². The van der Waals surface area contributed by atoms with Crippen LogP contribution < -0.4 is 23.8 Å². The van der Waals surface area contributed by atoms with E-state index in [-0.39, 0.29) is 23.2 Å². The lowest BCUT2D eigenvalue weighted by Gasteiger charge is -2.26. The number of nitrogens with zero attached hydrogens (tertiary/aromatic N) is 1. The Morgan fingerprint density at radius 2 is 1.49 bits per heavy atom. The van der Waals surface area contributed by atoms with E-state index in [0.29, 0.717) is 17.2 Å². The normalized spacial score (nSPS) is 11.2. The minimum Gasteiger partial charge on any atom is -0.495 e. The Morgan fingerprint density at radius 1 is 0.865 bits per heavy atom. The zero-order valence-electron chi connectivity index (χ0n) is 22.1. The average Bonchev–Trinajstić information content (AvgIpc) is 2.86. The van der Waals surface area contributed by atoms with Crippen LogP contribution in [0.25, 0.3) is 0 Å². The van der Waals surface area contributed by atoms with Crippen LogP contribution in [-0.2, 0) is 21.4 Å². The molecule has 1 amide bonds. The molecule has 3 aromatic rings. The van der Waals surface area contributed by atoms with Gasteiger partial charge in [-0.05, 0) is 75.2 Å². The maximum absolute atomic E-state index is 13.7. The van der Waals surface area contributed by atoms with Crippen molar-refractivity contribution >= 4 is 21.6 Å². The minimum absolute atomic E-state index is 0.0143. The largest absolute Gasteiger partial charge is 0.495 e. The van der Waals surface area contributed by atoms with E-state index < -0.39 is 22.5 Å². The van der Waals surface area contributed by atoms with Crippen LogP contribution in [0.4, 0.5) is 5.69 Å². The molecular formula is C28H34N2O6S. The van der Waals surface area contributed by atoms with Crippen molar-refractivity contribution in [2.75, 3.05) is 25.1 Å². The molecule has 0 unspecified atom stereocenters. The molecule has 1 N–H and O–H groups in total. The van der Waals surface area contributed by atoms with E-state index >= 15 is 0 Å². The molecule has 0 radical (unpaired) electrons. The monoisotopic (exact) mass is 526 g/mol. The van der Waals surface area contributed by atoms with Gasteiger partial charge in [0, 0.05) is 6.54 Å². The standard InChI is InChI=1S/C28H34N2O6S/c1-19(2)36-26-14-10-22(16-27(26)35-6)17-29-28(31)18-30(24-15-21(4)9-13-25(24)34-5)37(32,33)23-11-7-20(3)8-12-23/h7-16,19H,17-18H2,1-6H3,(H,29,31). The molecule has 3 rings (SSSR count). The molecule has 0 fully saturated rings. The average molecular weight is 527 g/mol. The lowest BCUT2D eigenvalue weighted by atomic mass is 10.2. The smallest absolute Gasteiger partial charge is 0.264 e. The third-order valence-electron chi connectivity index (χ3n) is 5.58. The first-order valence-corrected chi connectivity index (χ1v) is 13.3. The number of methoxy groups -OCH3 is 2. The second kappa shape index (κ2) is 12.0. The van der Waals surface area contributed by atoms with Crippen LogP contribution in [0.1, 0.15) is 30.5 Å². The number of amides is 1. The number of aryl methyl sites for hydroxylation is 2. The molecule has 0 aliphatic heterocycles. The molecule has 3 aromatic carbocycles. The first-order chi connectivity index (χ1) is 17.5.